The molecular formula is C51H43N. The molecule has 8 aromatic rings. The van der Waals surface area contributed by atoms with E-state index < -0.39 is 0 Å². The van der Waals surface area contributed by atoms with Gasteiger partial charge in [-0.2, -0.15) is 0 Å². The predicted molar refractivity (Wildman–Crippen MR) is 221 cm³/mol. The molecule has 0 spiro atoms. The van der Waals surface area contributed by atoms with E-state index in [1.165, 1.54) is 115 Å². The Morgan fingerprint density at radius 3 is 1.38 bits per heavy atom. The number of rotatable bonds is 3. The molecule has 1 nitrogen and oxygen atoms in total. The van der Waals surface area contributed by atoms with Crippen molar-refractivity contribution in [2.75, 3.05) is 4.90 Å². The third kappa shape index (κ3) is 4.97. The maximum Gasteiger partial charge on any atom is 0.0546 e. The zero-order chi connectivity index (χ0) is 34.2. The highest BCUT2D eigenvalue weighted by Gasteiger charge is 2.37. The number of nitrogens with zero attached hydrogens (tertiary/aromatic N) is 1. The molecule has 4 bridgehead atoms. The lowest BCUT2D eigenvalue weighted by Gasteiger charge is -2.42. The van der Waals surface area contributed by atoms with E-state index in [-0.39, 0.29) is 0 Å². The summed E-state index contributed by atoms with van der Waals surface area (Å²) in [6.07, 6.45) is 9.44. The average Bonchev–Trinajstić information content (AvgIpc) is 3.21. The first-order valence-corrected chi connectivity index (χ1v) is 19.6. The largest absolute Gasteiger partial charge is 0.309 e. The topological polar surface area (TPSA) is 3.24 Å². The van der Waals surface area contributed by atoms with Crippen LogP contribution in [0.4, 0.5) is 17.1 Å². The Morgan fingerprint density at radius 1 is 0.346 bits per heavy atom. The normalized spacial score (nSPS) is 20.9. The van der Waals surface area contributed by atoms with Gasteiger partial charge in [-0.15, -0.1) is 0 Å². The molecule has 2 atom stereocenters. The van der Waals surface area contributed by atoms with Crippen molar-refractivity contribution in [3.63, 3.8) is 0 Å². The molecule has 0 N–H and O–H groups in total. The van der Waals surface area contributed by atoms with E-state index in [1.807, 2.05) is 0 Å². The molecule has 0 radical (unpaired) electrons. The maximum absolute atomic E-state index is 2.60. The summed E-state index contributed by atoms with van der Waals surface area (Å²) in [5, 5.41) is 10.3. The third-order valence-corrected chi connectivity index (χ3v) is 13.0. The van der Waals surface area contributed by atoms with Gasteiger partial charge in [0.2, 0.25) is 0 Å². The Hall–Kier alpha value is -5.40. The number of benzene rings is 8. The highest BCUT2D eigenvalue weighted by molar-refractivity contribution is 6.18. The molecule has 0 aliphatic heterocycles. The molecule has 0 aromatic heterocycles. The summed E-state index contributed by atoms with van der Waals surface area (Å²) in [4.78, 5) is 2.60. The summed E-state index contributed by atoms with van der Waals surface area (Å²) >= 11 is 0. The molecule has 8 aromatic carbocycles. The van der Waals surface area contributed by atoms with E-state index in [9.17, 15) is 0 Å². The highest BCUT2D eigenvalue weighted by Crippen LogP contribution is 2.50. The zero-order valence-corrected chi connectivity index (χ0v) is 29.6. The number of hydrogen-bond acceptors (Lipinski definition) is 1. The summed E-state index contributed by atoms with van der Waals surface area (Å²) in [6.45, 7) is 0. The number of hydrogen-bond donors (Lipinski definition) is 0. The van der Waals surface area contributed by atoms with E-state index in [0.717, 1.165) is 30.1 Å². The van der Waals surface area contributed by atoms with Crippen LogP contribution in [0, 0.1) is 23.7 Å². The van der Waals surface area contributed by atoms with Gasteiger partial charge in [0.05, 0.1) is 11.4 Å². The van der Waals surface area contributed by atoms with Crippen LogP contribution in [0.15, 0.2) is 152 Å². The van der Waals surface area contributed by atoms with Gasteiger partial charge in [-0.25, -0.2) is 0 Å². The molecule has 0 heterocycles. The van der Waals surface area contributed by atoms with Crippen molar-refractivity contribution in [2.24, 2.45) is 23.7 Å². The van der Waals surface area contributed by atoms with Gasteiger partial charge >= 0.3 is 0 Å². The lowest BCUT2D eigenvalue weighted by Crippen LogP contribution is -2.32. The van der Waals surface area contributed by atoms with Crippen LogP contribution >= 0.6 is 0 Å². The molecule has 0 amide bonds. The van der Waals surface area contributed by atoms with Crippen LogP contribution < -0.4 is 4.90 Å². The second-order valence-corrected chi connectivity index (χ2v) is 16.2. The first-order valence-electron chi connectivity index (χ1n) is 19.6. The van der Waals surface area contributed by atoms with Gasteiger partial charge in [0.15, 0.2) is 0 Å². The molecule has 4 aliphatic carbocycles. The van der Waals surface area contributed by atoms with E-state index in [0.29, 0.717) is 0 Å². The molecule has 4 aliphatic rings. The van der Waals surface area contributed by atoms with Crippen molar-refractivity contribution < 1.29 is 0 Å². The van der Waals surface area contributed by atoms with Crippen LogP contribution in [0.1, 0.15) is 43.2 Å². The maximum atomic E-state index is 2.60. The number of anilines is 3. The quantitative estimate of drug-likeness (QED) is 0.169. The fraction of sp³-hybridized carbons (Fsp3) is 0.216. The van der Waals surface area contributed by atoms with E-state index >= 15 is 0 Å². The minimum absolute atomic E-state index is 0.750. The first kappa shape index (κ1) is 30.2. The van der Waals surface area contributed by atoms with Gasteiger partial charge in [0.25, 0.3) is 0 Å². The van der Waals surface area contributed by atoms with Crippen LogP contribution in [-0.2, 0) is 12.8 Å². The number of fused-ring (bicyclic) bond motifs is 6. The fourth-order valence-corrected chi connectivity index (χ4v) is 11.0. The molecule has 52 heavy (non-hydrogen) atoms. The Morgan fingerprint density at radius 2 is 0.788 bits per heavy atom. The van der Waals surface area contributed by atoms with Gasteiger partial charge < -0.3 is 4.90 Å². The van der Waals surface area contributed by atoms with Crippen molar-refractivity contribution in [3.05, 3.63) is 163 Å². The van der Waals surface area contributed by atoms with E-state index in [2.05, 4.69) is 157 Å². The average molecular weight is 670 g/mol. The van der Waals surface area contributed by atoms with Gasteiger partial charge in [0.1, 0.15) is 0 Å². The molecular weight excluding hydrogens is 627 g/mol. The standard InChI is InChI=1S/C51H43N/c1-4-14-42-37(11-1)28-35-24-33-23-34(25-35)27-36(26-33)29-40-30-41(21-22-45(40)42)52(50-31-38-12-2-5-15-43(38)46-17-7-9-19-48(46)50)51-32-39-13-3-6-16-44(39)47-18-8-10-20-49(47)51/h1-22,30-36H,23-29H2. The molecule has 1 heteroatoms. The summed E-state index contributed by atoms with van der Waals surface area (Å²) in [7, 11) is 0. The molecule has 0 saturated heterocycles. The minimum atomic E-state index is 0.750. The van der Waals surface area contributed by atoms with Gasteiger partial charge in [-0.1, -0.05) is 127 Å². The summed E-state index contributed by atoms with van der Waals surface area (Å²) in [5.74, 6) is 3.36. The smallest absolute Gasteiger partial charge is 0.0546 e. The molecule has 12 rings (SSSR count). The van der Waals surface area contributed by atoms with Crippen LogP contribution in [0.2, 0.25) is 0 Å². The highest BCUT2D eigenvalue weighted by atomic mass is 15.1. The van der Waals surface area contributed by atoms with Crippen molar-refractivity contribution in [3.8, 4) is 11.1 Å². The Kier molecular flexibility index (Phi) is 7.04. The Labute approximate surface area is 306 Å². The second-order valence-electron chi connectivity index (χ2n) is 16.2. The fourth-order valence-electron chi connectivity index (χ4n) is 11.0. The third-order valence-electron chi connectivity index (χ3n) is 13.0. The van der Waals surface area contributed by atoms with E-state index in [1.54, 1.807) is 5.56 Å². The van der Waals surface area contributed by atoms with Crippen molar-refractivity contribution in [1.82, 2.24) is 0 Å². The van der Waals surface area contributed by atoms with Crippen LogP contribution in [0.3, 0.4) is 0 Å². The molecule has 2 fully saturated rings. The predicted octanol–water partition coefficient (Wildman–Crippen LogP) is 14.0. The minimum Gasteiger partial charge on any atom is -0.309 e. The molecule has 2 unspecified atom stereocenters. The Balaban J connectivity index is 1.20. The van der Waals surface area contributed by atoms with Gasteiger partial charge in [0, 0.05) is 16.5 Å². The SMILES string of the molecule is c1ccc2c(c1)CC1CC3CC(Cc4cc(N(c5cc6ccccc6c6ccccc56)c5cc6ccccc6c6ccccc56)ccc4-2)CC(C1)C3. The molecule has 252 valence electrons. The van der Waals surface area contributed by atoms with Gasteiger partial charge in [-0.3, -0.25) is 0 Å². The van der Waals surface area contributed by atoms with E-state index in [4.69, 9.17) is 0 Å². The van der Waals surface area contributed by atoms with Crippen LogP contribution in [0.25, 0.3) is 54.2 Å². The van der Waals surface area contributed by atoms with Crippen molar-refractivity contribution >= 4 is 60.2 Å². The summed E-state index contributed by atoms with van der Waals surface area (Å²) in [5.41, 5.74) is 9.63. The van der Waals surface area contributed by atoms with Crippen molar-refractivity contribution in [2.45, 2.75) is 44.9 Å². The zero-order valence-electron chi connectivity index (χ0n) is 29.6. The monoisotopic (exact) mass is 669 g/mol. The van der Waals surface area contributed by atoms with Crippen molar-refractivity contribution in [1.29, 1.82) is 0 Å². The van der Waals surface area contributed by atoms with Crippen LogP contribution in [-0.4, -0.2) is 0 Å². The first-order chi connectivity index (χ1) is 25.7. The summed E-state index contributed by atoms with van der Waals surface area (Å²) < 4.78 is 0. The second kappa shape index (κ2) is 12.1. The molecule has 2 saturated carbocycles. The summed E-state index contributed by atoms with van der Waals surface area (Å²) in [6, 6.07) is 57.5. The lowest BCUT2D eigenvalue weighted by molar-refractivity contribution is 0.0973. The lowest BCUT2D eigenvalue weighted by atomic mass is 9.63. The van der Waals surface area contributed by atoms with Gasteiger partial charge in [-0.05, 0) is 147 Å². The Bertz CT molecular complexity index is 2530. The van der Waals surface area contributed by atoms with Crippen LogP contribution in [0.5, 0.6) is 0 Å².